The van der Waals surface area contributed by atoms with Crippen LogP contribution in [0, 0.1) is 5.82 Å². The zero-order valence-electron chi connectivity index (χ0n) is 12.2. The van der Waals surface area contributed by atoms with Gasteiger partial charge in [-0.3, -0.25) is 0 Å². The van der Waals surface area contributed by atoms with Crippen molar-refractivity contribution >= 4 is 0 Å². The molecular weight excluding hydrogens is 259 g/mol. The van der Waals surface area contributed by atoms with Crippen LogP contribution in [-0.2, 0) is 4.74 Å². The van der Waals surface area contributed by atoms with Crippen LogP contribution in [0.4, 0.5) is 4.39 Å². The molecule has 112 valence electrons. The Balaban J connectivity index is 2.34. The van der Waals surface area contributed by atoms with Crippen LogP contribution in [-0.4, -0.2) is 24.9 Å². The maximum atomic E-state index is 14.3. The van der Waals surface area contributed by atoms with E-state index in [1.54, 1.807) is 25.3 Å². The Morgan fingerprint density at radius 1 is 1.15 bits per heavy atom. The second-order valence-electron chi connectivity index (χ2n) is 5.45. The monoisotopic (exact) mass is 282 g/mol. The first-order chi connectivity index (χ1) is 9.64. The van der Waals surface area contributed by atoms with Gasteiger partial charge in [0, 0.05) is 12.7 Å². The smallest absolute Gasteiger partial charge is 0.170 e. The molecule has 1 aliphatic carbocycles. The Morgan fingerprint density at radius 3 is 2.35 bits per heavy atom. The molecule has 3 nitrogen and oxygen atoms in total. The van der Waals surface area contributed by atoms with E-state index < -0.39 is 17.5 Å². The summed E-state index contributed by atoms with van der Waals surface area (Å²) in [6.07, 6.45) is 4.80. The fraction of sp³-hybridized carbons (Fsp3) is 0.625. The van der Waals surface area contributed by atoms with Crippen molar-refractivity contribution in [2.24, 2.45) is 0 Å². The van der Waals surface area contributed by atoms with Crippen molar-refractivity contribution < 1.29 is 19.0 Å². The van der Waals surface area contributed by atoms with Gasteiger partial charge in [-0.15, -0.1) is 0 Å². The van der Waals surface area contributed by atoms with Crippen LogP contribution in [0.5, 0.6) is 5.75 Å². The van der Waals surface area contributed by atoms with Crippen molar-refractivity contribution in [3.05, 3.63) is 29.6 Å². The fourth-order valence-electron chi connectivity index (χ4n) is 3.10. The molecule has 1 aromatic carbocycles. The van der Waals surface area contributed by atoms with Crippen molar-refractivity contribution in [2.75, 3.05) is 14.2 Å². The zero-order chi connectivity index (χ0) is 14.6. The number of hydrogen-bond donors (Lipinski definition) is 1. The molecule has 2 rings (SSSR count). The van der Waals surface area contributed by atoms with Gasteiger partial charge in [0.25, 0.3) is 0 Å². The highest BCUT2D eigenvalue weighted by Gasteiger charge is 2.40. The molecule has 1 aliphatic rings. The van der Waals surface area contributed by atoms with E-state index >= 15 is 0 Å². The number of aliphatic hydroxyl groups is 1. The maximum absolute atomic E-state index is 14.3. The molecule has 0 heterocycles. The average molecular weight is 282 g/mol. The SMILES string of the molecule is COc1cccc(C(O)C2(OC)CCCCCC2)c1F. The third kappa shape index (κ3) is 2.81. The summed E-state index contributed by atoms with van der Waals surface area (Å²) >= 11 is 0. The highest BCUT2D eigenvalue weighted by atomic mass is 19.1. The lowest BCUT2D eigenvalue weighted by atomic mass is 9.84. The van der Waals surface area contributed by atoms with Crippen LogP contribution in [0.2, 0.25) is 0 Å². The molecule has 1 fully saturated rings. The number of rotatable bonds is 4. The van der Waals surface area contributed by atoms with Gasteiger partial charge in [-0.2, -0.15) is 0 Å². The topological polar surface area (TPSA) is 38.7 Å². The molecule has 0 bridgehead atoms. The second-order valence-corrected chi connectivity index (χ2v) is 5.45. The number of ether oxygens (including phenoxy) is 2. The summed E-state index contributed by atoms with van der Waals surface area (Å²) < 4.78 is 25.0. The van der Waals surface area contributed by atoms with Crippen LogP contribution in [0.15, 0.2) is 18.2 Å². The number of hydrogen-bond acceptors (Lipinski definition) is 3. The lowest BCUT2D eigenvalue weighted by molar-refractivity contribution is -0.115. The predicted molar refractivity (Wildman–Crippen MR) is 75.4 cm³/mol. The molecule has 1 aromatic rings. The zero-order valence-corrected chi connectivity index (χ0v) is 12.2. The molecule has 1 saturated carbocycles. The molecule has 0 saturated heterocycles. The van der Waals surface area contributed by atoms with Gasteiger partial charge in [0.15, 0.2) is 11.6 Å². The van der Waals surface area contributed by atoms with Gasteiger partial charge in [-0.1, -0.05) is 37.8 Å². The van der Waals surface area contributed by atoms with Crippen LogP contribution in [0.25, 0.3) is 0 Å². The van der Waals surface area contributed by atoms with Crippen molar-refractivity contribution in [2.45, 2.75) is 50.2 Å². The first-order valence-electron chi connectivity index (χ1n) is 7.20. The number of aliphatic hydroxyl groups excluding tert-OH is 1. The third-order valence-electron chi connectivity index (χ3n) is 4.36. The van der Waals surface area contributed by atoms with Gasteiger partial charge in [-0.25, -0.2) is 4.39 Å². The Kier molecular flexibility index (Phi) is 5.00. The highest BCUT2D eigenvalue weighted by molar-refractivity contribution is 5.33. The van der Waals surface area contributed by atoms with Crippen molar-refractivity contribution in [3.63, 3.8) is 0 Å². The minimum atomic E-state index is -0.972. The minimum Gasteiger partial charge on any atom is -0.494 e. The van der Waals surface area contributed by atoms with Gasteiger partial charge in [-0.05, 0) is 18.9 Å². The number of halogens is 1. The molecule has 0 amide bonds. The Morgan fingerprint density at radius 2 is 1.80 bits per heavy atom. The third-order valence-corrected chi connectivity index (χ3v) is 4.36. The van der Waals surface area contributed by atoms with Gasteiger partial charge in [0.1, 0.15) is 6.10 Å². The number of methoxy groups -OCH3 is 2. The van der Waals surface area contributed by atoms with Crippen molar-refractivity contribution in [1.29, 1.82) is 0 Å². The molecule has 0 aliphatic heterocycles. The molecule has 1 unspecified atom stereocenters. The molecule has 20 heavy (non-hydrogen) atoms. The van der Waals surface area contributed by atoms with E-state index in [-0.39, 0.29) is 11.3 Å². The normalized spacial score (nSPS) is 20.2. The van der Waals surface area contributed by atoms with E-state index in [9.17, 15) is 9.50 Å². The second kappa shape index (κ2) is 6.55. The molecule has 1 N–H and O–H groups in total. The molecule has 1 atom stereocenters. The standard InChI is InChI=1S/C16H23FO3/c1-19-13-9-7-8-12(14(13)17)15(18)16(20-2)10-5-3-4-6-11-16/h7-9,15,18H,3-6,10-11H2,1-2H3. The average Bonchev–Trinajstić information content (AvgIpc) is 2.73. The Hall–Kier alpha value is -1.13. The first kappa shape index (κ1) is 15.3. The van der Waals surface area contributed by atoms with Crippen LogP contribution < -0.4 is 4.74 Å². The van der Waals surface area contributed by atoms with E-state index in [1.807, 2.05) is 0 Å². The summed E-state index contributed by atoms with van der Waals surface area (Å²) in [5.41, 5.74) is -0.433. The van der Waals surface area contributed by atoms with Crippen molar-refractivity contribution in [3.8, 4) is 5.75 Å². The molecular formula is C16H23FO3. The van der Waals surface area contributed by atoms with Crippen LogP contribution in [0.1, 0.15) is 50.2 Å². The highest BCUT2D eigenvalue weighted by Crippen LogP contribution is 2.41. The van der Waals surface area contributed by atoms with Gasteiger partial charge in [0.05, 0.1) is 12.7 Å². The van der Waals surface area contributed by atoms with E-state index in [1.165, 1.54) is 7.11 Å². The van der Waals surface area contributed by atoms with Crippen molar-refractivity contribution in [1.82, 2.24) is 0 Å². The lowest BCUT2D eigenvalue weighted by Crippen LogP contribution is -2.38. The summed E-state index contributed by atoms with van der Waals surface area (Å²) in [5.74, 6) is -0.343. The summed E-state index contributed by atoms with van der Waals surface area (Å²) in [4.78, 5) is 0. The lowest BCUT2D eigenvalue weighted by Gasteiger charge is -2.36. The summed E-state index contributed by atoms with van der Waals surface area (Å²) in [5, 5.41) is 10.7. The van der Waals surface area contributed by atoms with E-state index in [0.29, 0.717) is 0 Å². The summed E-state index contributed by atoms with van der Waals surface area (Å²) in [6, 6.07) is 4.85. The van der Waals surface area contributed by atoms with Crippen LogP contribution >= 0.6 is 0 Å². The molecule has 0 aromatic heterocycles. The van der Waals surface area contributed by atoms with Gasteiger partial charge < -0.3 is 14.6 Å². The summed E-state index contributed by atoms with van der Waals surface area (Å²) in [6.45, 7) is 0. The minimum absolute atomic E-state index is 0.154. The van der Waals surface area contributed by atoms with E-state index in [2.05, 4.69) is 0 Å². The molecule has 0 radical (unpaired) electrons. The van der Waals surface area contributed by atoms with Gasteiger partial charge in [0.2, 0.25) is 0 Å². The first-order valence-corrected chi connectivity index (χ1v) is 7.20. The van der Waals surface area contributed by atoms with Gasteiger partial charge >= 0.3 is 0 Å². The molecule has 0 spiro atoms. The predicted octanol–water partition coefficient (Wildman–Crippen LogP) is 3.61. The summed E-state index contributed by atoms with van der Waals surface area (Å²) in [7, 11) is 3.03. The number of benzene rings is 1. The van der Waals surface area contributed by atoms with Crippen LogP contribution in [0.3, 0.4) is 0 Å². The Bertz CT molecular complexity index is 439. The maximum Gasteiger partial charge on any atom is 0.170 e. The van der Waals surface area contributed by atoms with E-state index in [0.717, 1.165) is 38.5 Å². The fourth-order valence-corrected chi connectivity index (χ4v) is 3.10. The largest absolute Gasteiger partial charge is 0.494 e. The molecule has 4 heteroatoms. The quantitative estimate of drug-likeness (QED) is 0.857. The Labute approximate surface area is 119 Å². The van der Waals surface area contributed by atoms with E-state index in [4.69, 9.17) is 9.47 Å².